The molecule has 6 nitrogen and oxygen atoms in total. The first kappa shape index (κ1) is 21.2. The molecule has 148 valence electrons. The molecule has 0 saturated carbocycles. The van der Waals surface area contributed by atoms with E-state index in [4.69, 9.17) is 5.73 Å². The molecule has 0 aliphatic rings. The Labute approximate surface area is 165 Å². The predicted molar refractivity (Wildman–Crippen MR) is 108 cm³/mol. The summed E-state index contributed by atoms with van der Waals surface area (Å²) < 4.78 is 0. The molecule has 2 rings (SSSR count). The first-order valence-electron chi connectivity index (χ1n) is 9.28. The maximum absolute atomic E-state index is 12.9. The van der Waals surface area contributed by atoms with E-state index in [0.717, 1.165) is 11.1 Å². The van der Waals surface area contributed by atoms with Crippen molar-refractivity contribution in [1.82, 2.24) is 10.6 Å². The number of rotatable bonds is 8. The highest BCUT2D eigenvalue weighted by molar-refractivity contribution is 5.92. The Hall–Kier alpha value is -3.15. The molecule has 0 aromatic heterocycles. The van der Waals surface area contributed by atoms with E-state index < -0.39 is 29.8 Å². The molecule has 0 spiro atoms. The summed E-state index contributed by atoms with van der Waals surface area (Å²) in [5.74, 6) is -1.99. The van der Waals surface area contributed by atoms with Gasteiger partial charge in [-0.15, -0.1) is 0 Å². The van der Waals surface area contributed by atoms with Crippen LogP contribution in [-0.2, 0) is 14.4 Å². The number of carbonyl (C=O) groups is 3. The van der Waals surface area contributed by atoms with Crippen LogP contribution in [-0.4, -0.2) is 29.8 Å². The Morgan fingerprint density at radius 1 is 0.786 bits per heavy atom. The fraction of sp³-hybridized carbons (Fsp3) is 0.318. The molecule has 2 aromatic rings. The van der Waals surface area contributed by atoms with E-state index in [-0.39, 0.29) is 11.8 Å². The van der Waals surface area contributed by atoms with Crippen LogP contribution in [0.1, 0.15) is 37.8 Å². The Morgan fingerprint density at radius 2 is 1.25 bits per heavy atom. The molecule has 0 heterocycles. The number of hydrogen-bond acceptors (Lipinski definition) is 3. The van der Waals surface area contributed by atoms with Crippen LogP contribution in [0.2, 0.25) is 0 Å². The van der Waals surface area contributed by atoms with Gasteiger partial charge < -0.3 is 16.4 Å². The molecule has 0 fully saturated rings. The summed E-state index contributed by atoms with van der Waals surface area (Å²) in [6, 6.07) is 17.1. The Bertz CT molecular complexity index is 767. The topological polar surface area (TPSA) is 101 Å². The van der Waals surface area contributed by atoms with Gasteiger partial charge in [-0.25, -0.2) is 0 Å². The number of carbonyl (C=O) groups excluding carboxylic acids is 3. The van der Waals surface area contributed by atoms with Crippen molar-refractivity contribution in [1.29, 1.82) is 0 Å². The smallest absolute Gasteiger partial charge is 0.243 e. The average Bonchev–Trinajstić information content (AvgIpc) is 2.66. The van der Waals surface area contributed by atoms with Crippen LogP contribution in [0, 0.1) is 5.92 Å². The minimum atomic E-state index is -0.965. The van der Waals surface area contributed by atoms with E-state index >= 15 is 0 Å². The third kappa shape index (κ3) is 5.42. The van der Waals surface area contributed by atoms with Crippen LogP contribution in [0.4, 0.5) is 0 Å². The van der Waals surface area contributed by atoms with Gasteiger partial charge in [-0.05, 0) is 17.0 Å². The van der Waals surface area contributed by atoms with Gasteiger partial charge in [-0.3, -0.25) is 14.4 Å². The van der Waals surface area contributed by atoms with Crippen LogP contribution in [0.25, 0.3) is 0 Å². The third-order valence-corrected chi connectivity index (χ3v) is 4.56. The molecule has 0 bridgehead atoms. The maximum atomic E-state index is 12.9. The van der Waals surface area contributed by atoms with Crippen molar-refractivity contribution in [2.45, 2.75) is 38.8 Å². The van der Waals surface area contributed by atoms with E-state index in [1.54, 1.807) is 0 Å². The molecule has 0 aliphatic carbocycles. The summed E-state index contributed by atoms with van der Waals surface area (Å²) in [6.45, 7) is 5.00. The molecule has 6 heteroatoms. The molecule has 28 heavy (non-hydrogen) atoms. The summed E-state index contributed by atoms with van der Waals surface area (Å²) in [7, 11) is 0. The highest BCUT2D eigenvalue weighted by Gasteiger charge is 2.33. The number of amides is 3. The van der Waals surface area contributed by atoms with Crippen molar-refractivity contribution in [3.8, 4) is 0 Å². The van der Waals surface area contributed by atoms with Crippen LogP contribution in [0.15, 0.2) is 60.7 Å². The summed E-state index contributed by atoms with van der Waals surface area (Å²) in [5, 5.41) is 5.41. The second-order valence-corrected chi connectivity index (χ2v) is 7.11. The van der Waals surface area contributed by atoms with E-state index in [2.05, 4.69) is 10.6 Å². The number of primary amides is 1. The number of nitrogens with two attached hydrogens (primary N) is 1. The molecule has 0 aliphatic heterocycles. The van der Waals surface area contributed by atoms with Crippen LogP contribution in [0.3, 0.4) is 0 Å². The monoisotopic (exact) mass is 381 g/mol. The fourth-order valence-corrected chi connectivity index (χ4v) is 3.21. The van der Waals surface area contributed by atoms with Crippen molar-refractivity contribution in [3.63, 3.8) is 0 Å². The molecule has 3 amide bonds. The molecule has 2 aromatic carbocycles. The van der Waals surface area contributed by atoms with Gasteiger partial charge in [0.2, 0.25) is 17.7 Å². The van der Waals surface area contributed by atoms with Crippen molar-refractivity contribution < 1.29 is 14.4 Å². The third-order valence-electron chi connectivity index (χ3n) is 4.56. The SMILES string of the molecule is CC(=O)N[C@@H](C(=O)N[C@H](C(N)=O)C(c1ccccc1)c1ccccc1)C(C)C. The second kappa shape index (κ2) is 9.69. The van der Waals surface area contributed by atoms with Crippen molar-refractivity contribution in [2.75, 3.05) is 0 Å². The highest BCUT2D eigenvalue weighted by atomic mass is 16.2. The molecular weight excluding hydrogens is 354 g/mol. The van der Waals surface area contributed by atoms with E-state index in [1.807, 2.05) is 74.5 Å². The van der Waals surface area contributed by atoms with Gasteiger partial charge >= 0.3 is 0 Å². The average molecular weight is 381 g/mol. The number of nitrogens with one attached hydrogen (secondary N) is 2. The first-order valence-corrected chi connectivity index (χ1v) is 9.28. The molecular formula is C22H27N3O3. The minimum absolute atomic E-state index is 0.149. The maximum Gasteiger partial charge on any atom is 0.243 e. The van der Waals surface area contributed by atoms with Gasteiger partial charge in [-0.2, -0.15) is 0 Å². The van der Waals surface area contributed by atoms with Gasteiger partial charge in [0.15, 0.2) is 0 Å². The number of benzene rings is 2. The van der Waals surface area contributed by atoms with Gasteiger partial charge in [0.1, 0.15) is 12.1 Å². The molecule has 0 radical (unpaired) electrons. The van der Waals surface area contributed by atoms with Crippen LogP contribution in [0.5, 0.6) is 0 Å². The first-order chi connectivity index (χ1) is 13.3. The Balaban J connectivity index is 2.41. The predicted octanol–water partition coefficient (Wildman–Crippen LogP) is 1.95. The fourth-order valence-electron chi connectivity index (χ4n) is 3.21. The number of hydrogen-bond donors (Lipinski definition) is 3. The van der Waals surface area contributed by atoms with Crippen molar-refractivity contribution in [2.24, 2.45) is 11.7 Å². The van der Waals surface area contributed by atoms with Gasteiger partial charge in [-0.1, -0.05) is 74.5 Å². The Morgan fingerprint density at radius 3 is 1.61 bits per heavy atom. The highest BCUT2D eigenvalue weighted by Crippen LogP contribution is 2.28. The van der Waals surface area contributed by atoms with Crippen LogP contribution < -0.4 is 16.4 Å². The lowest BCUT2D eigenvalue weighted by atomic mass is 9.84. The lowest BCUT2D eigenvalue weighted by Crippen LogP contribution is -2.56. The van der Waals surface area contributed by atoms with Gasteiger partial charge in [0.25, 0.3) is 0 Å². The molecule has 2 atom stereocenters. The van der Waals surface area contributed by atoms with Crippen molar-refractivity contribution >= 4 is 17.7 Å². The zero-order chi connectivity index (χ0) is 20.7. The zero-order valence-corrected chi connectivity index (χ0v) is 16.4. The molecule has 0 unspecified atom stereocenters. The minimum Gasteiger partial charge on any atom is -0.368 e. The lowest BCUT2D eigenvalue weighted by molar-refractivity contribution is -0.132. The summed E-state index contributed by atoms with van der Waals surface area (Å²) in [6.07, 6.45) is 0. The van der Waals surface area contributed by atoms with Crippen molar-refractivity contribution in [3.05, 3.63) is 71.8 Å². The quantitative estimate of drug-likeness (QED) is 0.651. The van der Waals surface area contributed by atoms with E-state index in [9.17, 15) is 14.4 Å². The standard InChI is InChI=1S/C22H27N3O3/c1-14(2)19(24-15(3)26)22(28)25-20(21(23)27)18(16-10-6-4-7-11-16)17-12-8-5-9-13-17/h4-14,18-20H,1-3H3,(H2,23,27)(H,24,26)(H,25,28)/t19-,20+/m1/s1. The lowest BCUT2D eigenvalue weighted by Gasteiger charge is -2.29. The summed E-state index contributed by atoms with van der Waals surface area (Å²) in [5.41, 5.74) is 7.42. The van der Waals surface area contributed by atoms with E-state index in [0.29, 0.717) is 0 Å². The van der Waals surface area contributed by atoms with Gasteiger partial charge in [0.05, 0.1) is 0 Å². The normalized spacial score (nSPS) is 13.0. The zero-order valence-electron chi connectivity index (χ0n) is 16.4. The summed E-state index contributed by atoms with van der Waals surface area (Å²) in [4.78, 5) is 36.7. The largest absolute Gasteiger partial charge is 0.368 e. The Kier molecular flexibility index (Phi) is 7.32. The van der Waals surface area contributed by atoms with E-state index in [1.165, 1.54) is 6.92 Å². The van der Waals surface area contributed by atoms with Gasteiger partial charge in [0, 0.05) is 12.8 Å². The van der Waals surface area contributed by atoms with Crippen LogP contribution >= 0.6 is 0 Å². The summed E-state index contributed by atoms with van der Waals surface area (Å²) >= 11 is 0. The molecule has 4 N–H and O–H groups in total. The second-order valence-electron chi connectivity index (χ2n) is 7.11. The molecule has 0 saturated heterocycles.